The van der Waals surface area contributed by atoms with Gasteiger partial charge < -0.3 is 0 Å². The van der Waals surface area contributed by atoms with Crippen molar-refractivity contribution >= 4 is 5.57 Å². The molecule has 0 nitrogen and oxygen atoms in total. The van der Waals surface area contributed by atoms with Gasteiger partial charge in [-0.3, -0.25) is 0 Å². The highest BCUT2D eigenvalue weighted by molar-refractivity contribution is 5.85. The maximum Gasteiger partial charge on any atom is 0.0135 e. The molecule has 0 aliphatic heterocycles. The first-order chi connectivity index (χ1) is 10.2. The van der Waals surface area contributed by atoms with Crippen LogP contribution in [0, 0.1) is 27.7 Å². The zero-order valence-corrected chi connectivity index (χ0v) is 14.8. The van der Waals surface area contributed by atoms with Crippen LogP contribution in [0.1, 0.15) is 59.1 Å². The Hall–Kier alpha value is -1.82. The van der Waals surface area contributed by atoms with Crippen LogP contribution >= 0.6 is 0 Å². The fraction of sp³-hybridized carbons (Fsp3) is 0.364. The van der Waals surface area contributed by atoms with Crippen molar-refractivity contribution in [2.45, 2.75) is 53.4 Å². The standard InChI is InChI=1S/C22H28/c1-10-12(2)14(4)20-11-13(3)15(5)21-18(8)16(6)17(7)19(9)22(20)21/h20H,2-5,10-11H2,1,6-9H3. The van der Waals surface area contributed by atoms with E-state index < -0.39 is 0 Å². The van der Waals surface area contributed by atoms with Crippen LogP contribution in [0.15, 0.2) is 43.0 Å². The molecule has 116 valence electrons. The summed E-state index contributed by atoms with van der Waals surface area (Å²) in [6.45, 7) is 28.2. The number of rotatable bonds is 3. The quantitative estimate of drug-likeness (QED) is 0.558. The minimum atomic E-state index is 0.290. The number of hydrogen-bond donors (Lipinski definition) is 0. The van der Waals surface area contributed by atoms with E-state index in [1.807, 2.05) is 0 Å². The van der Waals surface area contributed by atoms with E-state index in [1.165, 1.54) is 33.4 Å². The largest absolute Gasteiger partial charge is 0.0956 e. The molecule has 0 fully saturated rings. The molecule has 0 N–H and O–H groups in total. The highest BCUT2D eigenvalue weighted by atomic mass is 14.3. The molecule has 0 radical (unpaired) electrons. The monoisotopic (exact) mass is 292 g/mol. The molecule has 0 bridgehead atoms. The number of hydrogen-bond acceptors (Lipinski definition) is 0. The summed E-state index contributed by atoms with van der Waals surface area (Å²) in [6.07, 6.45) is 1.85. The molecule has 2 rings (SSSR count). The first kappa shape index (κ1) is 16.5. The molecular formula is C22H28. The highest BCUT2D eigenvalue weighted by Gasteiger charge is 2.31. The maximum atomic E-state index is 4.36. The lowest BCUT2D eigenvalue weighted by Crippen LogP contribution is -2.18. The van der Waals surface area contributed by atoms with Gasteiger partial charge in [0.1, 0.15) is 0 Å². The van der Waals surface area contributed by atoms with Gasteiger partial charge in [0.05, 0.1) is 0 Å². The van der Waals surface area contributed by atoms with Gasteiger partial charge in [0.15, 0.2) is 0 Å². The third kappa shape index (κ3) is 2.31. The second kappa shape index (κ2) is 5.76. The number of fused-ring (bicyclic) bond motifs is 1. The summed E-state index contributed by atoms with van der Waals surface area (Å²) < 4.78 is 0. The Bertz CT molecular complexity index is 710. The number of benzene rings is 1. The van der Waals surface area contributed by atoms with Crippen molar-refractivity contribution in [1.29, 1.82) is 0 Å². The van der Waals surface area contributed by atoms with E-state index in [2.05, 4.69) is 60.9 Å². The van der Waals surface area contributed by atoms with Crippen molar-refractivity contribution in [2.24, 2.45) is 0 Å². The minimum Gasteiger partial charge on any atom is -0.0956 e. The van der Waals surface area contributed by atoms with Crippen molar-refractivity contribution in [3.05, 3.63) is 76.4 Å². The summed E-state index contributed by atoms with van der Waals surface area (Å²) >= 11 is 0. The average molecular weight is 292 g/mol. The Labute approximate surface area is 136 Å². The van der Waals surface area contributed by atoms with E-state index in [0.29, 0.717) is 5.92 Å². The van der Waals surface area contributed by atoms with Crippen LogP contribution in [0.3, 0.4) is 0 Å². The Morgan fingerprint density at radius 3 is 2.05 bits per heavy atom. The van der Waals surface area contributed by atoms with Gasteiger partial charge >= 0.3 is 0 Å². The van der Waals surface area contributed by atoms with Crippen molar-refractivity contribution in [2.75, 3.05) is 0 Å². The molecule has 1 aliphatic carbocycles. The molecule has 0 heterocycles. The van der Waals surface area contributed by atoms with Crippen LogP contribution in [0.2, 0.25) is 0 Å². The van der Waals surface area contributed by atoms with E-state index in [-0.39, 0.29) is 0 Å². The molecule has 0 aromatic heterocycles. The molecule has 0 spiro atoms. The summed E-state index contributed by atoms with van der Waals surface area (Å²) in [5.74, 6) is 0.290. The van der Waals surface area contributed by atoms with Crippen LogP contribution in [0.5, 0.6) is 0 Å². The molecule has 1 aliphatic rings. The van der Waals surface area contributed by atoms with Gasteiger partial charge in [-0.2, -0.15) is 0 Å². The molecule has 1 atom stereocenters. The van der Waals surface area contributed by atoms with Gasteiger partial charge in [-0.05, 0) is 90.6 Å². The van der Waals surface area contributed by atoms with Crippen LogP contribution in [-0.4, -0.2) is 0 Å². The van der Waals surface area contributed by atoms with E-state index in [0.717, 1.165) is 35.1 Å². The summed E-state index contributed by atoms with van der Waals surface area (Å²) in [4.78, 5) is 0. The summed E-state index contributed by atoms with van der Waals surface area (Å²) in [7, 11) is 0. The van der Waals surface area contributed by atoms with Crippen LogP contribution in [-0.2, 0) is 0 Å². The van der Waals surface area contributed by atoms with Crippen molar-refractivity contribution in [1.82, 2.24) is 0 Å². The third-order valence-electron chi connectivity index (χ3n) is 5.56. The minimum absolute atomic E-state index is 0.290. The lowest BCUT2D eigenvalue weighted by Gasteiger charge is -2.35. The molecule has 0 amide bonds. The topological polar surface area (TPSA) is 0 Å². The highest BCUT2D eigenvalue weighted by Crippen LogP contribution is 2.48. The Morgan fingerprint density at radius 2 is 1.50 bits per heavy atom. The molecule has 1 aromatic rings. The predicted octanol–water partition coefficient (Wildman–Crippen LogP) is 6.50. The average Bonchev–Trinajstić information content (AvgIpc) is 2.51. The zero-order chi connectivity index (χ0) is 16.8. The van der Waals surface area contributed by atoms with E-state index in [4.69, 9.17) is 0 Å². The van der Waals surface area contributed by atoms with Gasteiger partial charge in [-0.15, -0.1) is 0 Å². The fourth-order valence-electron chi connectivity index (χ4n) is 3.59. The zero-order valence-electron chi connectivity index (χ0n) is 14.8. The molecule has 22 heavy (non-hydrogen) atoms. The predicted molar refractivity (Wildman–Crippen MR) is 99.5 cm³/mol. The molecule has 0 saturated heterocycles. The first-order valence-corrected chi connectivity index (χ1v) is 8.06. The second-order valence-electron chi connectivity index (χ2n) is 6.61. The van der Waals surface area contributed by atoms with Crippen LogP contribution in [0.25, 0.3) is 5.57 Å². The Morgan fingerprint density at radius 1 is 0.955 bits per heavy atom. The van der Waals surface area contributed by atoms with Gasteiger partial charge in [0.25, 0.3) is 0 Å². The van der Waals surface area contributed by atoms with Gasteiger partial charge in [-0.25, -0.2) is 0 Å². The molecule has 0 saturated carbocycles. The second-order valence-corrected chi connectivity index (χ2v) is 6.61. The van der Waals surface area contributed by atoms with Gasteiger partial charge in [0.2, 0.25) is 0 Å². The maximum absolute atomic E-state index is 4.36. The molecule has 1 aromatic carbocycles. The summed E-state index contributed by atoms with van der Waals surface area (Å²) in [6, 6.07) is 0. The Balaban J connectivity index is 2.79. The van der Waals surface area contributed by atoms with Crippen molar-refractivity contribution in [3.63, 3.8) is 0 Å². The van der Waals surface area contributed by atoms with Crippen LogP contribution < -0.4 is 0 Å². The van der Waals surface area contributed by atoms with E-state index in [9.17, 15) is 0 Å². The third-order valence-corrected chi connectivity index (χ3v) is 5.56. The molecular weight excluding hydrogens is 264 g/mol. The summed E-state index contributed by atoms with van der Waals surface area (Å²) in [5.41, 5.74) is 12.7. The van der Waals surface area contributed by atoms with Crippen molar-refractivity contribution < 1.29 is 0 Å². The molecule has 0 heteroatoms. The van der Waals surface area contributed by atoms with E-state index >= 15 is 0 Å². The normalized spacial score (nSPS) is 17.4. The van der Waals surface area contributed by atoms with Gasteiger partial charge in [0, 0.05) is 5.92 Å². The molecule has 1 unspecified atom stereocenters. The number of allylic oxidation sites excluding steroid dienone is 4. The van der Waals surface area contributed by atoms with Crippen molar-refractivity contribution in [3.8, 4) is 0 Å². The Kier molecular flexibility index (Phi) is 4.33. The smallest absolute Gasteiger partial charge is 0.0135 e. The van der Waals surface area contributed by atoms with E-state index in [1.54, 1.807) is 0 Å². The SMILES string of the molecule is C=C1CC(C(=C)C(=C)CC)c2c(C)c(C)c(C)c(C)c2C1=C. The fourth-order valence-corrected chi connectivity index (χ4v) is 3.59. The lowest BCUT2D eigenvalue weighted by molar-refractivity contribution is 0.765. The van der Waals surface area contributed by atoms with Crippen LogP contribution in [0.4, 0.5) is 0 Å². The summed E-state index contributed by atoms with van der Waals surface area (Å²) in [5, 5.41) is 0. The first-order valence-electron chi connectivity index (χ1n) is 8.06. The lowest BCUT2D eigenvalue weighted by atomic mass is 9.69. The van der Waals surface area contributed by atoms with Gasteiger partial charge in [-0.1, -0.05) is 38.8 Å².